The zero-order valence-electron chi connectivity index (χ0n) is 20.1. The molecule has 2 aliphatic rings. The second-order valence-electron chi connectivity index (χ2n) is 8.66. The highest BCUT2D eigenvalue weighted by Gasteiger charge is 2.39. The zero-order valence-corrected chi connectivity index (χ0v) is 20.1. The summed E-state index contributed by atoms with van der Waals surface area (Å²) in [5.74, 6) is 0.594. The molecule has 0 bridgehead atoms. The molecule has 4 rings (SSSR count). The van der Waals surface area contributed by atoms with Gasteiger partial charge in [-0.05, 0) is 44.4 Å². The van der Waals surface area contributed by atoms with Gasteiger partial charge in [0.15, 0.2) is 5.78 Å². The molecule has 2 aromatic rings. The average Bonchev–Trinajstić information content (AvgIpc) is 2.84. The summed E-state index contributed by atoms with van der Waals surface area (Å²) < 4.78 is 11.6. The van der Waals surface area contributed by atoms with Gasteiger partial charge in [-0.15, -0.1) is 0 Å². The summed E-state index contributed by atoms with van der Waals surface area (Å²) >= 11 is 0. The Balaban J connectivity index is 1.79. The van der Waals surface area contributed by atoms with Crippen molar-refractivity contribution in [1.82, 2.24) is 5.32 Å². The standard InChI is InChI=1S/C28H32N2O4/c1-4-5-17-34-23-15-8-6-11-19(23)26-25(18(2)29-21-13-10-14-22(31)27(21)26)28(32)30-20-12-7-9-16-24(20)33-3/h6-9,11-12,15-16,26,29H,4-5,10,13-14,17H2,1-3H3,(H,30,32)/t26-/m0/s1. The van der Waals surface area contributed by atoms with E-state index in [9.17, 15) is 9.59 Å². The molecule has 1 amide bonds. The fraction of sp³-hybridized carbons (Fsp3) is 0.357. The quantitative estimate of drug-likeness (QED) is 0.510. The molecular formula is C28H32N2O4. The summed E-state index contributed by atoms with van der Waals surface area (Å²) in [5, 5.41) is 6.38. The molecule has 1 aliphatic carbocycles. The molecule has 2 N–H and O–H groups in total. The maximum absolute atomic E-state index is 13.7. The first kappa shape index (κ1) is 23.6. The molecule has 178 valence electrons. The van der Waals surface area contributed by atoms with Crippen molar-refractivity contribution in [2.24, 2.45) is 0 Å². The van der Waals surface area contributed by atoms with Crippen molar-refractivity contribution in [3.8, 4) is 11.5 Å². The van der Waals surface area contributed by atoms with Crippen molar-refractivity contribution >= 4 is 17.4 Å². The topological polar surface area (TPSA) is 76.7 Å². The van der Waals surface area contributed by atoms with E-state index in [4.69, 9.17) is 9.47 Å². The van der Waals surface area contributed by atoms with Gasteiger partial charge in [0, 0.05) is 34.5 Å². The summed E-state index contributed by atoms with van der Waals surface area (Å²) in [7, 11) is 1.57. The van der Waals surface area contributed by atoms with E-state index in [-0.39, 0.29) is 11.7 Å². The third-order valence-electron chi connectivity index (χ3n) is 6.36. The Morgan fingerprint density at radius 1 is 1.09 bits per heavy atom. The molecule has 34 heavy (non-hydrogen) atoms. The number of rotatable bonds is 8. The Morgan fingerprint density at radius 3 is 2.59 bits per heavy atom. The Kier molecular flexibility index (Phi) is 7.36. The number of hydrogen-bond donors (Lipinski definition) is 2. The van der Waals surface area contributed by atoms with Gasteiger partial charge in [-0.1, -0.05) is 43.7 Å². The minimum Gasteiger partial charge on any atom is -0.495 e. The van der Waals surface area contributed by atoms with Crippen molar-refractivity contribution in [2.45, 2.75) is 51.9 Å². The third-order valence-corrected chi connectivity index (χ3v) is 6.36. The van der Waals surface area contributed by atoms with Crippen LogP contribution in [-0.4, -0.2) is 25.4 Å². The summed E-state index contributed by atoms with van der Waals surface area (Å²) in [6.45, 7) is 4.60. The van der Waals surface area contributed by atoms with E-state index in [2.05, 4.69) is 17.6 Å². The lowest BCUT2D eigenvalue weighted by Crippen LogP contribution is -2.35. The van der Waals surface area contributed by atoms with E-state index < -0.39 is 5.92 Å². The summed E-state index contributed by atoms with van der Waals surface area (Å²) in [4.78, 5) is 26.9. The van der Waals surface area contributed by atoms with Crippen LogP contribution in [0, 0.1) is 0 Å². The SMILES string of the molecule is CCCCOc1ccccc1[C@H]1C(C(=O)Nc2ccccc2OC)=C(C)NC2=C1C(=O)CCC2. The number of ketones is 1. The van der Waals surface area contributed by atoms with Gasteiger partial charge in [0.1, 0.15) is 11.5 Å². The molecule has 0 saturated heterocycles. The lowest BCUT2D eigenvalue weighted by atomic mass is 9.74. The lowest BCUT2D eigenvalue weighted by molar-refractivity contribution is -0.116. The smallest absolute Gasteiger partial charge is 0.254 e. The number of nitrogens with one attached hydrogen (secondary N) is 2. The molecule has 1 atom stereocenters. The molecule has 6 nitrogen and oxygen atoms in total. The van der Waals surface area contributed by atoms with Gasteiger partial charge < -0.3 is 20.1 Å². The van der Waals surface area contributed by atoms with Crippen LogP contribution < -0.4 is 20.1 Å². The Morgan fingerprint density at radius 2 is 1.82 bits per heavy atom. The van der Waals surface area contributed by atoms with E-state index in [0.717, 1.165) is 42.6 Å². The molecule has 0 radical (unpaired) electrons. The van der Waals surface area contributed by atoms with Crippen molar-refractivity contribution in [2.75, 3.05) is 19.0 Å². The predicted octanol–water partition coefficient (Wildman–Crippen LogP) is 5.48. The van der Waals surface area contributed by atoms with Crippen molar-refractivity contribution < 1.29 is 19.1 Å². The van der Waals surface area contributed by atoms with Crippen molar-refractivity contribution in [3.05, 3.63) is 76.6 Å². The van der Waals surface area contributed by atoms with Crippen molar-refractivity contribution in [3.63, 3.8) is 0 Å². The third kappa shape index (κ3) is 4.72. The number of carbonyl (C=O) groups is 2. The first-order valence-corrected chi connectivity index (χ1v) is 11.9. The number of amides is 1. The van der Waals surface area contributed by atoms with Crippen LogP contribution in [-0.2, 0) is 9.59 Å². The largest absolute Gasteiger partial charge is 0.495 e. The highest BCUT2D eigenvalue weighted by Crippen LogP contribution is 2.45. The number of allylic oxidation sites excluding steroid dienone is 3. The van der Waals surface area contributed by atoms with Crippen LogP contribution in [0.1, 0.15) is 57.4 Å². The number of para-hydroxylation sites is 3. The molecule has 2 aromatic carbocycles. The van der Waals surface area contributed by atoms with Gasteiger partial charge in [-0.3, -0.25) is 9.59 Å². The molecular weight excluding hydrogens is 428 g/mol. The van der Waals surface area contributed by atoms with Crippen LogP contribution in [0.4, 0.5) is 5.69 Å². The van der Waals surface area contributed by atoms with E-state index in [1.165, 1.54) is 0 Å². The number of dihydropyridines is 1. The Hall–Kier alpha value is -3.54. The van der Waals surface area contributed by atoms with Gasteiger partial charge in [-0.2, -0.15) is 0 Å². The van der Waals surface area contributed by atoms with E-state index in [1.807, 2.05) is 43.3 Å². The van der Waals surface area contributed by atoms with Crippen LogP contribution >= 0.6 is 0 Å². The minimum atomic E-state index is -0.503. The van der Waals surface area contributed by atoms with Crippen LogP contribution in [0.15, 0.2) is 71.1 Å². The first-order valence-electron chi connectivity index (χ1n) is 11.9. The van der Waals surface area contributed by atoms with Gasteiger partial charge in [0.05, 0.1) is 25.3 Å². The number of ether oxygens (including phenoxy) is 2. The van der Waals surface area contributed by atoms with Gasteiger partial charge in [0.25, 0.3) is 5.91 Å². The van der Waals surface area contributed by atoms with Crippen molar-refractivity contribution in [1.29, 1.82) is 0 Å². The predicted molar refractivity (Wildman–Crippen MR) is 133 cm³/mol. The van der Waals surface area contributed by atoms with E-state index in [0.29, 0.717) is 41.4 Å². The molecule has 1 heterocycles. The van der Waals surface area contributed by atoms with Crippen LogP contribution in [0.5, 0.6) is 11.5 Å². The monoisotopic (exact) mass is 460 g/mol. The molecule has 0 saturated carbocycles. The fourth-order valence-electron chi connectivity index (χ4n) is 4.71. The summed E-state index contributed by atoms with van der Waals surface area (Å²) in [6, 6.07) is 15.0. The minimum absolute atomic E-state index is 0.0807. The summed E-state index contributed by atoms with van der Waals surface area (Å²) in [6.07, 6.45) is 4.03. The maximum Gasteiger partial charge on any atom is 0.254 e. The van der Waals surface area contributed by atoms with Gasteiger partial charge >= 0.3 is 0 Å². The second-order valence-corrected chi connectivity index (χ2v) is 8.66. The molecule has 0 fully saturated rings. The molecule has 0 aromatic heterocycles. The average molecular weight is 461 g/mol. The number of carbonyl (C=O) groups excluding carboxylic acids is 2. The number of anilines is 1. The Labute approximate surface area is 201 Å². The number of hydrogen-bond acceptors (Lipinski definition) is 5. The maximum atomic E-state index is 13.7. The number of benzene rings is 2. The molecule has 6 heteroatoms. The number of Topliss-reactive ketones (excluding diaryl/α,β-unsaturated/α-hetero) is 1. The first-order chi connectivity index (χ1) is 16.5. The van der Waals surface area contributed by atoms with Gasteiger partial charge in [0.2, 0.25) is 0 Å². The molecule has 0 unspecified atom stereocenters. The molecule has 0 spiro atoms. The number of unbranched alkanes of at least 4 members (excludes halogenated alkanes) is 1. The lowest BCUT2D eigenvalue weighted by Gasteiger charge is -2.35. The zero-order chi connectivity index (χ0) is 24.1. The van der Waals surface area contributed by atoms with Crippen LogP contribution in [0.3, 0.4) is 0 Å². The normalized spacial score (nSPS) is 17.7. The highest BCUT2D eigenvalue weighted by molar-refractivity contribution is 6.10. The molecule has 1 aliphatic heterocycles. The van der Waals surface area contributed by atoms with E-state index >= 15 is 0 Å². The number of methoxy groups -OCH3 is 1. The van der Waals surface area contributed by atoms with Crippen LogP contribution in [0.2, 0.25) is 0 Å². The van der Waals surface area contributed by atoms with Crippen LogP contribution in [0.25, 0.3) is 0 Å². The second kappa shape index (κ2) is 10.6. The fourth-order valence-corrected chi connectivity index (χ4v) is 4.71. The highest BCUT2D eigenvalue weighted by atomic mass is 16.5. The van der Waals surface area contributed by atoms with Gasteiger partial charge in [-0.25, -0.2) is 0 Å². The Bertz CT molecular complexity index is 1150. The summed E-state index contributed by atoms with van der Waals surface area (Å²) in [5.41, 5.74) is 4.27. The van der Waals surface area contributed by atoms with E-state index in [1.54, 1.807) is 19.2 Å².